The molecule has 2 nitrogen and oxygen atoms in total. The topological polar surface area (TPSA) is 29.5 Å². The van der Waals surface area contributed by atoms with E-state index in [2.05, 4.69) is 6.07 Å². The Balaban J connectivity index is 2.19. The molecule has 82 valence electrons. The molecule has 0 spiro atoms. The standard InChI is InChI=1S/C13H18O2/c1-15-11-6-4-5-10(9-11)12-7-2-3-8-13(12)14/h4-6,9,12-14H,2-3,7-8H2,1H3. The van der Waals surface area contributed by atoms with Crippen LogP contribution in [0.2, 0.25) is 0 Å². The van der Waals surface area contributed by atoms with Crippen molar-refractivity contribution in [2.75, 3.05) is 7.11 Å². The molecular formula is C13H18O2. The van der Waals surface area contributed by atoms with E-state index in [4.69, 9.17) is 4.74 Å². The van der Waals surface area contributed by atoms with Crippen molar-refractivity contribution in [3.05, 3.63) is 29.8 Å². The Bertz CT molecular complexity index is 322. The van der Waals surface area contributed by atoms with Crippen molar-refractivity contribution in [3.8, 4) is 5.75 Å². The van der Waals surface area contributed by atoms with E-state index < -0.39 is 0 Å². The molecule has 0 aliphatic heterocycles. The lowest BCUT2D eigenvalue weighted by atomic mass is 9.82. The fourth-order valence-electron chi connectivity index (χ4n) is 2.37. The van der Waals surface area contributed by atoms with E-state index in [9.17, 15) is 5.11 Å². The van der Waals surface area contributed by atoms with E-state index in [1.807, 2.05) is 18.2 Å². The van der Waals surface area contributed by atoms with Crippen molar-refractivity contribution in [2.24, 2.45) is 0 Å². The highest BCUT2D eigenvalue weighted by atomic mass is 16.5. The summed E-state index contributed by atoms with van der Waals surface area (Å²) in [6, 6.07) is 8.06. The normalized spacial score (nSPS) is 26.3. The summed E-state index contributed by atoms with van der Waals surface area (Å²) in [5.41, 5.74) is 1.21. The molecule has 2 rings (SSSR count). The molecule has 0 amide bonds. The Hall–Kier alpha value is -1.02. The maximum Gasteiger partial charge on any atom is 0.119 e. The van der Waals surface area contributed by atoms with Crippen molar-refractivity contribution in [1.82, 2.24) is 0 Å². The summed E-state index contributed by atoms with van der Waals surface area (Å²) < 4.78 is 5.20. The molecule has 0 bridgehead atoms. The minimum Gasteiger partial charge on any atom is -0.497 e. The van der Waals surface area contributed by atoms with Crippen LogP contribution in [0.1, 0.15) is 37.2 Å². The third-order valence-electron chi connectivity index (χ3n) is 3.25. The molecule has 1 N–H and O–H groups in total. The fraction of sp³-hybridized carbons (Fsp3) is 0.538. The van der Waals surface area contributed by atoms with Crippen molar-refractivity contribution in [3.63, 3.8) is 0 Å². The molecule has 1 aromatic carbocycles. The number of aliphatic hydroxyl groups is 1. The summed E-state index contributed by atoms with van der Waals surface area (Å²) >= 11 is 0. The van der Waals surface area contributed by atoms with Gasteiger partial charge in [0.2, 0.25) is 0 Å². The molecule has 2 unspecified atom stereocenters. The number of benzene rings is 1. The molecule has 1 saturated carbocycles. The van der Waals surface area contributed by atoms with Crippen molar-refractivity contribution >= 4 is 0 Å². The largest absolute Gasteiger partial charge is 0.497 e. The van der Waals surface area contributed by atoms with Crippen LogP contribution in [-0.2, 0) is 0 Å². The van der Waals surface area contributed by atoms with Gasteiger partial charge in [-0.3, -0.25) is 0 Å². The van der Waals surface area contributed by atoms with Crippen LogP contribution >= 0.6 is 0 Å². The van der Waals surface area contributed by atoms with E-state index in [1.165, 1.54) is 12.0 Å². The first-order chi connectivity index (χ1) is 7.31. The summed E-state index contributed by atoms with van der Waals surface area (Å²) in [5.74, 6) is 1.18. The van der Waals surface area contributed by atoms with Crippen LogP contribution in [0.5, 0.6) is 5.75 Å². The molecule has 1 fully saturated rings. The van der Waals surface area contributed by atoms with Crippen LogP contribution in [0.25, 0.3) is 0 Å². The molecule has 0 aromatic heterocycles. The van der Waals surface area contributed by atoms with Gasteiger partial charge in [0.25, 0.3) is 0 Å². The van der Waals surface area contributed by atoms with Gasteiger partial charge >= 0.3 is 0 Å². The van der Waals surface area contributed by atoms with Crippen LogP contribution in [0.3, 0.4) is 0 Å². The zero-order valence-electron chi connectivity index (χ0n) is 9.15. The average Bonchev–Trinajstić information content (AvgIpc) is 2.30. The van der Waals surface area contributed by atoms with Crippen LogP contribution in [0, 0.1) is 0 Å². The molecule has 2 atom stereocenters. The summed E-state index contributed by atoms with van der Waals surface area (Å²) in [5, 5.41) is 9.95. The number of hydrogen-bond acceptors (Lipinski definition) is 2. The van der Waals surface area contributed by atoms with Gasteiger partial charge in [-0.25, -0.2) is 0 Å². The van der Waals surface area contributed by atoms with Crippen molar-refractivity contribution in [1.29, 1.82) is 0 Å². The second-order valence-corrected chi connectivity index (χ2v) is 4.23. The SMILES string of the molecule is COc1cccc(C2CCCCC2O)c1. The average molecular weight is 206 g/mol. The molecule has 0 saturated heterocycles. The zero-order chi connectivity index (χ0) is 10.7. The quantitative estimate of drug-likeness (QED) is 0.806. The van der Waals surface area contributed by atoms with Gasteiger partial charge in [-0.1, -0.05) is 25.0 Å². The number of aliphatic hydroxyl groups excluding tert-OH is 1. The van der Waals surface area contributed by atoms with Gasteiger partial charge in [-0.05, 0) is 30.5 Å². The molecule has 1 aromatic rings. The van der Waals surface area contributed by atoms with Gasteiger partial charge < -0.3 is 9.84 Å². The maximum absolute atomic E-state index is 9.95. The maximum atomic E-state index is 9.95. The first-order valence-electron chi connectivity index (χ1n) is 5.63. The highest BCUT2D eigenvalue weighted by Gasteiger charge is 2.24. The molecule has 1 aliphatic carbocycles. The van der Waals surface area contributed by atoms with Crippen molar-refractivity contribution < 1.29 is 9.84 Å². The highest BCUT2D eigenvalue weighted by molar-refractivity contribution is 5.31. The van der Waals surface area contributed by atoms with Gasteiger partial charge in [0, 0.05) is 5.92 Å². The lowest BCUT2D eigenvalue weighted by Crippen LogP contribution is -2.22. The Morgan fingerprint density at radius 2 is 2.07 bits per heavy atom. The number of ether oxygens (including phenoxy) is 1. The predicted octanol–water partition coefficient (Wildman–Crippen LogP) is 2.71. The summed E-state index contributed by atoms with van der Waals surface area (Å²) in [7, 11) is 1.68. The smallest absolute Gasteiger partial charge is 0.119 e. The summed E-state index contributed by atoms with van der Waals surface area (Å²) in [6.07, 6.45) is 4.22. The second kappa shape index (κ2) is 4.67. The highest BCUT2D eigenvalue weighted by Crippen LogP contribution is 2.34. The first kappa shape index (κ1) is 10.5. The third-order valence-corrected chi connectivity index (χ3v) is 3.25. The van der Waals surface area contributed by atoms with Crippen LogP contribution < -0.4 is 4.74 Å². The predicted molar refractivity (Wildman–Crippen MR) is 60.2 cm³/mol. The molecule has 1 aliphatic rings. The van der Waals surface area contributed by atoms with E-state index >= 15 is 0 Å². The number of hydrogen-bond donors (Lipinski definition) is 1. The Labute approximate surface area is 90.9 Å². The number of rotatable bonds is 2. The minimum atomic E-state index is -0.175. The van der Waals surface area contributed by atoms with E-state index in [1.54, 1.807) is 7.11 Å². The van der Waals surface area contributed by atoms with Gasteiger partial charge in [-0.2, -0.15) is 0 Å². The first-order valence-corrected chi connectivity index (χ1v) is 5.63. The van der Waals surface area contributed by atoms with E-state index in [-0.39, 0.29) is 6.10 Å². The molecule has 2 heteroatoms. The third kappa shape index (κ3) is 2.32. The molecule has 0 heterocycles. The lowest BCUT2D eigenvalue weighted by Gasteiger charge is -2.28. The molecule has 15 heavy (non-hydrogen) atoms. The monoisotopic (exact) mass is 206 g/mol. The summed E-state index contributed by atoms with van der Waals surface area (Å²) in [6.45, 7) is 0. The van der Waals surface area contributed by atoms with Crippen LogP contribution in [-0.4, -0.2) is 18.3 Å². The molecular weight excluding hydrogens is 188 g/mol. The van der Waals surface area contributed by atoms with E-state index in [0.717, 1.165) is 25.0 Å². The Kier molecular flexibility index (Phi) is 3.27. The Morgan fingerprint density at radius 3 is 2.80 bits per heavy atom. The lowest BCUT2D eigenvalue weighted by molar-refractivity contribution is 0.106. The van der Waals surface area contributed by atoms with Gasteiger partial charge in [0.05, 0.1) is 13.2 Å². The molecule has 0 radical (unpaired) electrons. The van der Waals surface area contributed by atoms with Crippen molar-refractivity contribution in [2.45, 2.75) is 37.7 Å². The van der Waals surface area contributed by atoms with E-state index in [0.29, 0.717) is 5.92 Å². The Morgan fingerprint density at radius 1 is 1.27 bits per heavy atom. The minimum absolute atomic E-state index is 0.175. The van der Waals surface area contributed by atoms with Gasteiger partial charge in [0.1, 0.15) is 5.75 Å². The van der Waals surface area contributed by atoms with Crippen LogP contribution in [0.4, 0.5) is 0 Å². The summed E-state index contributed by atoms with van der Waals surface area (Å²) in [4.78, 5) is 0. The van der Waals surface area contributed by atoms with Gasteiger partial charge in [0.15, 0.2) is 0 Å². The van der Waals surface area contributed by atoms with Crippen LogP contribution in [0.15, 0.2) is 24.3 Å². The second-order valence-electron chi connectivity index (χ2n) is 4.23. The fourth-order valence-corrected chi connectivity index (χ4v) is 2.37. The van der Waals surface area contributed by atoms with Gasteiger partial charge in [-0.15, -0.1) is 0 Å². The number of methoxy groups -OCH3 is 1. The zero-order valence-corrected chi connectivity index (χ0v) is 9.15.